The Balaban J connectivity index is 1.59. The first-order chi connectivity index (χ1) is 9.76. The fourth-order valence-corrected chi connectivity index (χ4v) is 3.49. The lowest BCUT2D eigenvalue weighted by atomic mass is 9.83. The van der Waals surface area contributed by atoms with E-state index < -0.39 is 0 Å². The molecule has 0 amide bonds. The number of piperidine rings is 1. The predicted octanol–water partition coefficient (Wildman–Crippen LogP) is 2.29. The van der Waals surface area contributed by atoms with Gasteiger partial charge in [-0.2, -0.15) is 4.98 Å². The minimum Gasteiger partial charge on any atom is -0.339 e. The molecule has 3 rings (SSSR count). The van der Waals surface area contributed by atoms with Gasteiger partial charge in [-0.05, 0) is 38.6 Å². The molecule has 1 aliphatic carbocycles. The average Bonchev–Trinajstić information content (AvgIpc) is 2.98. The van der Waals surface area contributed by atoms with Crippen LogP contribution < -0.4 is 10.2 Å². The quantitative estimate of drug-likeness (QED) is 0.890. The maximum atomic E-state index is 4.77. The van der Waals surface area contributed by atoms with Gasteiger partial charge in [0, 0.05) is 25.0 Å². The Morgan fingerprint density at radius 2 is 1.80 bits per heavy atom. The van der Waals surface area contributed by atoms with Crippen LogP contribution in [0, 0.1) is 5.92 Å². The standard InChI is InChI=1S/C15H27N5/c1-11-3-5-12(6-4-11)14-17-15(19-18-14)20-9-7-13(16-2)8-10-20/h11-13,16H,3-10H2,1-2H3,(H,17,18,19). The second kappa shape index (κ2) is 6.12. The summed E-state index contributed by atoms with van der Waals surface area (Å²) in [5, 5.41) is 11.0. The zero-order valence-electron chi connectivity index (χ0n) is 12.7. The Morgan fingerprint density at radius 3 is 2.45 bits per heavy atom. The zero-order chi connectivity index (χ0) is 13.9. The van der Waals surface area contributed by atoms with Crippen LogP contribution in [0.3, 0.4) is 0 Å². The molecule has 2 aliphatic rings. The minimum absolute atomic E-state index is 0.599. The Bertz CT molecular complexity index is 414. The molecule has 0 bridgehead atoms. The zero-order valence-corrected chi connectivity index (χ0v) is 12.7. The molecule has 2 fully saturated rings. The molecule has 1 aromatic heterocycles. The number of rotatable bonds is 3. The van der Waals surface area contributed by atoms with Crippen LogP contribution in [0.2, 0.25) is 0 Å². The van der Waals surface area contributed by atoms with Gasteiger partial charge in [0.1, 0.15) is 5.82 Å². The van der Waals surface area contributed by atoms with Gasteiger partial charge in [0.2, 0.25) is 5.95 Å². The van der Waals surface area contributed by atoms with E-state index in [1.807, 2.05) is 0 Å². The van der Waals surface area contributed by atoms with Crippen molar-refractivity contribution in [1.29, 1.82) is 0 Å². The number of aromatic amines is 1. The van der Waals surface area contributed by atoms with Crippen molar-refractivity contribution >= 4 is 5.95 Å². The summed E-state index contributed by atoms with van der Waals surface area (Å²) < 4.78 is 0. The maximum Gasteiger partial charge on any atom is 0.244 e. The molecular formula is C15H27N5. The number of hydrogen-bond donors (Lipinski definition) is 2. The average molecular weight is 277 g/mol. The van der Waals surface area contributed by atoms with Gasteiger partial charge in [0.15, 0.2) is 0 Å². The van der Waals surface area contributed by atoms with Crippen LogP contribution in [0.1, 0.15) is 57.2 Å². The monoisotopic (exact) mass is 277 g/mol. The molecule has 0 radical (unpaired) electrons. The Hall–Kier alpha value is -1.10. The molecule has 1 saturated heterocycles. The summed E-state index contributed by atoms with van der Waals surface area (Å²) in [4.78, 5) is 7.09. The van der Waals surface area contributed by atoms with Crippen molar-refractivity contribution in [1.82, 2.24) is 20.5 Å². The largest absolute Gasteiger partial charge is 0.339 e. The normalized spacial score (nSPS) is 28.8. The van der Waals surface area contributed by atoms with Gasteiger partial charge in [-0.1, -0.05) is 19.8 Å². The highest BCUT2D eigenvalue weighted by atomic mass is 15.4. The summed E-state index contributed by atoms with van der Waals surface area (Å²) in [6.07, 6.45) is 7.54. The lowest BCUT2D eigenvalue weighted by molar-refractivity contribution is 0.340. The van der Waals surface area contributed by atoms with E-state index in [9.17, 15) is 0 Å². The van der Waals surface area contributed by atoms with Gasteiger partial charge < -0.3 is 10.2 Å². The summed E-state index contributed by atoms with van der Waals surface area (Å²) >= 11 is 0. The van der Waals surface area contributed by atoms with Crippen LogP contribution in [-0.2, 0) is 0 Å². The summed E-state index contributed by atoms with van der Waals surface area (Å²) in [7, 11) is 2.05. The van der Waals surface area contributed by atoms with E-state index in [1.54, 1.807) is 0 Å². The number of anilines is 1. The van der Waals surface area contributed by atoms with E-state index >= 15 is 0 Å². The van der Waals surface area contributed by atoms with E-state index in [2.05, 4.69) is 34.4 Å². The van der Waals surface area contributed by atoms with Crippen LogP contribution >= 0.6 is 0 Å². The molecule has 0 unspecified atom stereocenters. The van der Waals surface area contributed by atoms with Crippen LogP contribution in [-0.4, -0.2) is 41.4 Å². The smallest absolute Gasteiger partial charge is 0.244 e. The molecule has 5 heteroatoms. The first-order valence-electron chi connectivity index (χ1n) is 8.10. The molecule has 1 aliphatic heterocycles. The fraction of sp³-hybridized carbons (Fsp3) is 0.867. The van der Waals surface area contributed by atoms with Gasteiger partial charge in [-0.3, -0.25) is 5.10 Å². The number of nitrogens with one attached hydrogen (secondary N) is 2. The second-order valence-electron chi connectivity index (χ2n) is 6.53. The van der Waals surface area contributed by atoms with Gasteiger partial charge in [0.05, 0.1) is 0 Å². The van der Waals surface area contributed by atoms with Crippen molar-refractivity contribution in [3.8, 4) is 0 Å². The van der Waals surface area contributed by atoms with Crippen LogP contribution in [0.15, 0.2) is 0 Å². The van der Waals surface area contributed by atoms with Crippen molar-refractivity contribution in [3.63, 3.8) is 0 Å². The molecule has 2 heterocycles. The highest BCUT2D eigenvalue weighted by Gasteiger charge is 2.25. The molecular weight excluding hydrogens is 250 g/mol. The molecule has 1 saturated carbocycles. The van der Waals surface area contributed by atoms with Crippen LogP contribution in [0.5, 0.6) is 0 Å². The van der Waals surface area contributed by atoms with Gasteiger partial charge >= 0.3 is 0 Å². The summed E-state index contributed by atoms with van der Waals surface area (Å²) in [5.74, 6) is 3.51. The van der Waals surface area contributed by atoms with Crippen LogP contribution in [0.4, 0.5) is 5.95 Å². The Labute approximate surface area is 121 Å². The molecule has 0 atom stereocenters. The number of nitrogens with zero attached hydrogens (tertiary/aromatic N) is 3. The van der Waals surface area contributed by atoms with E-state index in [0.29, 0.717) is 12.0 Å². The van der Waals surface area contributed by atoms with Crippen molar-refractivity contribution < 1.29 is 0 Å². The lowest BCUT2D eigenvalue weighted by Crippen LogP contribution is -2.41. The maximum absolute atomic E-state index is 4.77. The third-order valence-electron chi connectivity index (χ3n) is 5.08. The molecule has 2 N–H and O–H groups in total. The van der Waals surface area contributed by atoms with Gasteiger partial charge in [-0.15, -0.1) is 5.10 Å². The lowest BCUT2D eigenvalue weighted by Gasteiger charge is -2.30. The molecule has 0 aromatic carbocycles. The highest BCUT2D eigenvalue weighted by Crippen LogP contribution is 2.34. The number of H-pyrrole nitrogens is 1. The molecule has 20 heavy (non-hydrogen) atoms. The second-order valence-corrected chi connectivity index (χ2v) is 6.53. The van der Waals surface area contributed by atoms with Crippen molar-refractivity contribution in [2.45, 2.75) is 57.4 Å². The van der Waals surface area contributed by atoms with Crippen LogP contribution in [0.25, 0.3) is 0 Å². The van der Waals surface area contributed by atoms with E-state index in [-0.39, 0.29) is 0 Å². The number of hydrogen-bond acceptors (Lipinski definition) is 4. The van der Waals surface area contributed by atoms with E-state index in [4.69, 9.17) is 4.98 Å². The summed E-state index contributed by atoms with van der Waals surface area (Å²) in [6.45, 7) is 4.48. The minimum atomic E-state index is 0.599. The third kappa shape index (κ3) is 2.97. The highest BCUT2D eigenvalue weighted by molar-refractivity contribution is 5.30. The van der Waals surface area contributed by atoms with Gasteiger partial charge in [-0.25, -0.2) is 0 Å². The number of aromatic nitrogens is 3. The Morgan fingerprint density at radius 1 is 1.10 bits per heavy atom. The third-order valence-corrected chi connectivity index (χ3v) is 5.08. The van der Waals surface area contributed by atoms with Crippen molar-refractivity contribution in [2.24, 2.45) is 5.92 Å². The van der Waals surface area contributed by atoms with E-state index in [0.717, 1.165) is 30.8 Å². The first-order valence-corrected chi connectivity index (χ1v) is 8.10. The summed E-state index contributed by atoms with van der Waals surface area (Å²) in [6, 6.07) is 0.657. The van der Waals surface area contributed by atoms with Crippen molar-refractivity contribution in [3.05, 3.63) is 5.82 Å². The van der Waals surface area contributed by atoms with E-state index in [1.165, 1.54) is 38.5 Å². The SMILES string of the molecule is CNC1CCN(c2n[nH]c(C3CCC(C)CC3)n2)CC1. The first kappa shape index (κ1) is 13.9. The molecule has 112 valence electrons. The predicted molar refractivity (Wildman–Crippen MR) is 81.1 cm³/mol. The molecule has 1 aromatic rings. The molecule has 0 spiro atoms. The van der Waals surface area contributed by atoms with Gasteiger partial charge in [0.25, 0.3) is 0 Å². The Kier molecular flexibility index (Phi) is 4.24. The molecule has 5 nitrogen and oxygen atoms in total. The van der Waals surface area contributed by atoms with Crippen molar-refractivity contribution in [2.75, 3.05) is 25.0 Å². The summed E-state index contributed by atoms with van der Waals surface area (Å²) in [5.41, 5.74) is 0. The topological polar surface area (TPSA) is 56.8 Å². The fourth-order valence-electron chi connectivity index (χ4n) is 3.49.